The van der Waals surface area contributed by atoms with Gasteiger partial charge in [-0.1, -0.05) is 18.2 Å². The van der Waals surface area contributed by atoms with Gasteiger partial charge in [0.1, 0.15) is 0 Å². The minimum Gasteiger partial charge on any atom is -0.464 e. The number of nitrogens with zero attached hydrogens (tertiary/aromatic N) is 1. The lowest BCUT2D eigenvalue weighted by Crippen LogP contribution is -2.44. The van der Waals surface area contributed by atoms with Crippen LogP contribution in [-0.2, 0) is 10.0 Å². The second-order valence-corrected chi connectivity index (χ2v) is 4.49. The number of sulfonamides is 1. The molecule has 1 aromatic rings. The summed E-state index contributed by atoms with van der Waals surface area (Å²) in [6.45, 7) is 0. The van der Waals surface area contributed by atoms with Crippen LogP contribution in [0.3, 0.4) is 0 Å². The number of carboxylic acid groups (broad SMARTS) is 1. The van der Waals surface area contributed by atoms with Crippen LogP contribution in [-0.4, -0.2) is 30.0 Å². The van der Waals surface area contributed by atoms with E-state index < -0.39 is 26.5 Å². The van der Waals surface area contributed by atoms with Gasteiger partial charge in [0, 0.05) is 0 Å². The fraction of sp³-hybridized carbons (Fsp3) is 0. The molecule has 86 valence electrons. The van der Waals surface area contributed by atoms with Crippen LogP contribution in [0, 0.1) is 0 Å². The molecule has 3 amide bonds. The molecule has 0 heterocycles. The molecule has 3 N–H and O–H groups in total. The summed E-state index contributed by atoms with van der Waals surface area (Å²) < 4.78 is 22.9. The van der Waals surface area contributed by atoms with Crippen LogP contribution in [0.15, 0.2) is 35.2 Å². The molecular formula is C8H8N2O5S. The lowest BCUT2D eigenvalue weighted by molar-refractivity contribution is 0.173. The topological polar surface area (TPSA) is 118 Å². The molecule has 0 aliphatic carbocycles. The van der Waals surface area contributed by atoms with E-state index in [9.17, 15) is 18.0 Å². The van der Waals surface area contributed by atoms with E-state index in [1.54, 1.807) is 6.07 Å². The van der Waals surface area contributed by atoms with Gasteiger partial charge in [0.2, 0.25) is 0 Å². The smallest absolute Gasteiger partial charge is 0.430 e. The maximum absolute atomic E-state index is 11.7. The largest absolute Gasteiger partial charge is 0.464 e. The molecule has 0 unspecified atom stereocenters. The third kappa shape index (κ3) is 2.11. The van der Waals surface area contributed by atoms with E-state index in [1.165, 1.54) is 12.1 Å². The molecule has 0 spiro atoms. The molecule has 0 aliphatic heterocycles. The number of nitrogens with two attached hydrogens (primary N) is 1. The summed E-state index contributed by atoms with van der Waals surface area (Å²) >= 11 is 0. The van der Waals surface area contributed by atoms with Crippen molar-refractivity contribution in [3.05, 3.63) is 30.3 Å². The molecule has 1 aromatic carbocycles. The van der Waals surface area contributed by atoms with Gasteiger partial charge in [0.15, 0.2) is 0 Å². The molecule has 0 atom stereocenters. The number of hydrogen-bond donors (Lipinski definition) is 2. The molecule has 7 nitrogen and oxygen atoms in total. The van der Waals surface area contributed by atoms with Gasteiger partial charge in [0.05, 0.1) is 4.90 Å². The predicted octanol–water partition coefficient (Wildman–Crippen LogP) is 0.434. The maximum Gasteiger partial charge on any atom is 0.430 e. The number of carbonyl (C=O) groups excluding carboxylic acids is 1. The van der Waals surface area contributed by atoms with Crippen molar-refractivity contribution in [2.45, 2.75) is 4.90 Å². The number of hydrogen-bond acceptors (Lipinski definition) is 4. The Balaban J connectivity index is 3.31. The average Bonchev–Trinajstić information content (AvgIpc) is 2.17. The Morgan fingerprint density at radius 3 is 2.06 bits per heavy atom. The Kier molecular flexibility index (Phi) is 3.14. The second kappa shape index (κ2) is 4.19. The first-order valence-electron chi connectivity index (χ1n) is 4.00. The van der Waals surface area contributed by atoms with Crippen LogP contribution >= 0.6 is 0 Å². The third-order valence-electron chi connectivity index (χ3n) is 1.66. The number of benzene rings is 1. The Bertz CT molecular complexity index is 496. The number of carbonyl (C=O) groups is 2. The lowest BCUT2D eigenvalue weighted by atomic mass is 10.4. The van der Waals surface area contributed by atoms with Gasteiger partial charge in [-0.15, -0.1) is 4.31 Å². The Hall–Kier alpha value is -2.09. The molecule has 0 saturated carbocycles. The third-order valence-corrected chi connectivity index (χ3v) is 3.34. The van der Waals surface area contributed by atoms with Gasteiger partial charge in [-0.3, -0.25) is 0 Å². The van der Waals surface area contributed by atoms with E-state index in [4.69, 9.17) is 5.11 Å². The number of imide groups is 1. The van der Waals surface area contributed by atoms with Gasteiger partial charge in [-0.25, -0.2) is 18.0 Å². The minimum atomic E-state index is -4.44. The van der Waals surface area contributed by atoms with Crippen LogP contribution in [0.1, 0.15) is 0 Å². The second-order valence-electron chi connectivity index (χ2n) is 2.70. The summed E-state index contributed by atoms with van der Waals surface area (Å²) in [4.78, 5) is 21.0. The molecule has 0 saturated heterocycles. The molecule has 0 aromatic heterocycles. The zero-order valence-electron chi connectivity index (χ0n) is 7.90. The average molecular weight is 244 g/mol. The van der Waals surface area contributed by atoms with Crippen molar-refractivity contribution in [3.63, 3.8) is 0 Å². The van der Waals surface area contributed by atoms with E-state index in [0.717, 1.165) is 12.1 Å². The van der Waals surface area contributed by atoms with Crippen molar-refractivity contribution < 1.29 is 23.1 Å². The van der Waals surface area contributed by atoms with Crippen molar-refractivity contribution in [2.75, 3.05) is 0 Å². The summed E-state index contributed by atoms with van der Waals surface area (Å²) in [5.74, 6) is 0. The van der Waals surface area contributed by atoms with Crippen molar-refractivity contribution in [1.29, 1.82) is 0 Å². The predicted molar refractivity (Wildman–Crippen MR) is 53.1 cm³/mol. The Morgan fingerprint density at radius 2 is 1.69 bits per heavy atom. The first-order valence-corrected chi connectivity index (χ1v) is 5.44. The summed E-state index contributed by atoms with van der Waals surface area (Å²) in [6, 6.07) is 5.09. The molecular weight excluding hydrogens is 236 g/mol. The zero-order chi connectivity index (χ0) is 12.3. The van der Waals surface area contributed by atoms with Crippen LogP contribution in [0.2, 0.25) is 0 Å². The Labute approximate surface area is 91.1 Å². The standard InChI is InChI=1S/C8H8N2O5S/c9-7(11)10(8(12)13)16(14,15)6-4-2-1-3-5-6/h1-5H,(H2,9,11)(H,12,13). The van der Waals surface area contributed by atoms with E-state index >= 15 is 0 Å². The number of primary amides is 1. The first-order chi connectivity index (χ1) is 7.37. The number of amides is 3. The summed E-state index contributed by atoms with van der Waals surface area (Å²) in [7, 11) is -4.44. The Morgan fingerprint density at radius 1 is 1.19 bits per heavy atom. The van der Waals surface area contributed by atoms with Gasteiger partial charge in [-0.05, 0) is 12.1 Å². The highest BCUT2D eigenvalue weighted by Crippen LogP contribution is 2.14. The summed E-state index contributed by atoms with van der Waals surface area (Å²) in [5, 5.41) is 8.59. The molecule has 8 heteroatoms. The van der Waals surface area contributed by atoms with Gasteiger partial charge < -0.3 is 10.8 Å². The van der Waals surface area contributed by atoms with E-state index in [2.05, 4.69) is 5.73 Å². The number of urea groups is 1. The van der Waals surface area contributed by atoms with Crippen LogP contribution in [0.5, 0.6) is 0 Å². The minimum absolute atomic E-state index is 0.323. The van der Waals surface area contributed by atoms with E-state index in [-0.39, 0.29) is 4.90 Å². The fourth-order valence-corrected chi connectivity index (χ4v) is 2.17. The maximum atomic E-state index is 11.7. The molecule has 0 radical (unpaired) electrons. The normalized spacial score (nSPS) is 10.8. The molecule has 1 rings (SSSR count). The van der Waals surface area contributed by atoms with Crippen LogP contribution in [0.4, 0.5) is 9.59 Å². The van der Waals surface area contributed by atoms with Crippen molar-refractivity contribution in [1.82, 2.24) is 4.31 Å². The SMILES string of the molecule is NC(=O)N(C(=O)O)S(=O)(=O)c1ccccc1. The van der Waals surface area contributed by atoms with Crippen LogP contribution in [0.25, 0.3) is 0 Å². The van der Waals surface area contributed by atoms with Crippen molar-refractivity contribution >= 4 is 22.1 Å². The zero-order valence-corrected chi connectivity index (χ0v) is 8.72. The van der Waals surface area contributed by atoms with Crippen molar-refractivity contribution in [3.8, 4) is 0 Å². The van der Waals surface area contributed by atoms with Crippen molar-refractivity contribution in [2.24, 2.45) is 5.73 Å². The summed E-state index contributed by atoms with van der Waals surface area (Å²) in [5.41, 5.74) is 4.69. The van der Waals surface area contributed by atoms with Crippen LogP contribution < -0.4 is 5.73 Å². The molecule has 16 heavy (non-hydrogen) atoms. The highest BCUT2D eigenvalue weighted by molar-refractivity contribution is 7.90. The highest BCUT2D eigenvalue weighted by Gasteiger charge is 2.33. The summed E-state index contributed by atoms with van der Waals surface area (Å²) in [6.07, 6.45) is -1.95. The molecule has 0 fully saturated rings. The quantitative estimate of drug-likeness (QED) is 0.782. The fourth-order valence-electron chi connectivity index (χ4n) is 1.01. The van der Waals surface area contributed by atoms with E-state index in [1.807, 2.05) is 0 Å². The molecule has 0 aliphatic rings. The number of rotatable bonds is 2. The highest BCUT2D eigenvalue weighted by atomic mass is 32.2. The monoisotopic (exact) mass is 244 g/mol. The first kappa shape index (κ1) is 12.0. The van der Waals surface area contributed by atoms with Gasteiger partial charge in [-0.2, -0.15) is 0 Å². The lowest BCUT2D eigenvalue weighted by Gasteiger charge is -2.14. The van der Waals surface area contributed by atoms with Gasteiger partial charge >= 0.3 is 12.1 Å². The van der Waals surface area contributed by atoms with Gasteiger partial charge in [0.25, 0.3) is 10.0 Å². The van der Waals surface area contributed by atoms with E-state index in [0.29, 0.717) is 0 Å². The molecule has 0 bridgehead atoms.